The van der Waals surface area contributed by atoms with Crippen LogP contribution in [-0.4, -0.2) is 33.2 Å². The van der Waals surface area contributed by atoms with Gasteiger partial charge in [0.15, 0.2) is 5.65 Å². The molecule has 0 bridgehead atoms. The van der Waals surface area contributed by atoms with Gasteiger partial charge in [-0.15, -0.1) is 0 Å². The fourth-order valence-electron chi connectivity index (χ4n) is 3.23. The minimum absolute atomic E-state index is 0.118. The summed E-state index contributed by atoms with van der Waals surface area (Å²) in [5.41, 5.74) is 7.64. The SMILES string of the molecule is COOc1ncc(F)cc1C1CCCN1c1ccn2ncc(N)c2n1. The first-order valence-corrected chi connectivity index (χ1v) is 7.90. The molecule has 25 heavy (non-hydrogen) atoms. The molecule has 0 aliphatic carbocycles. The molecule has 1 aliphatic heterocycles. The molecule has 130 valence electrons. The average Bonchev–Trinajstić information content (AvgIpc) is 3.24. The van der Waals surface area contributed by atoms with E-state index in [1.54, 1.807) is 16.9 Å². The Morgan fingerprint density at radius 3 is 3.08 bits per heavy atom. The van der Waals surface area contributed by atoms with Crippen molar-refractivity contribution in [3.63, 3.8) is 0 Å². The number of pyridine rings is 1. The highest BCUT2D eigenvalue weighted by atomic mass is 19.1. The van der Waals surface area contributed by atoms with Gasteiger partial charge in [-0.3, -0.25) is 0 Å². The molecule has 4 heterocycles. The van der Waals surface area contributed by atoms with Gasteiger partial charge in [-0.2, -0.15) is 9.99 Å². The number of hydrogen-bond donors (Lipinski definition) is 1. The minimum Gasteiger partial charge on any atom is -0.394 e. The van der Waals surface area contributed by atoms with Gasteiger partial charge in [0.05, 0.1) is 31.2 Å². The Morgan fingerprint density at radius 2 is 2.24 bits per heavy atom. The van der Waals surface area contributed by atoms with E-state index < -0.39 is 5.82 Å². The Morgan fingerprint density at radius 1 is 1.36 bits per heavy atom. The number of fused-ring (bicyclic) bond motifs is 1. The first-order valence-electron chi connectivity index (χ1n) is 7.90. The third-order valence-electron chi connectivity index (χ3n) is 4.30. The fourth-order valence-corrected chi connectivity index (χ4v) is 3.23. The van der Waals surface area contributed by atoms with E-state index >= 15 is 0 Å². The molecule has 0 radical (unpaired) electrons. The molecule has 1 aliphatic rings. The van der Waals surface area contributed by atoms with E-state index in [4.69, 9.17) is 15.5 Å². The van der Waals surface area contributed by atoms with Gasteiger partial charge < -0.3 is 15.5 Å². The lowest BCUT2D eigenvalue weighted by Crippen LogP contribution is -2.24. The van der Waals surface area contributed by atoms with E-state index in [0.717, 1.165) is 31.4 Å². The number of nitrogens with zero attached hydrogens (tertiary/aromatic N) is 5. The Hall–Kier alpha value is -2.94. The van der Waals surface area contributed by atoms with Crippen LogP contribution in [0.4, 0.5) is 15.9 Å². The zero-order chi connectivity index (χ0) is 17.4. The standard InChI is InChI=1S/C16H17FN6O2/c1-24-25-16-11(7-10(17)8-19-16)13-3-2-5-22(13)14-4-6-23-15(21-14)12(18)9-20-23/h4,6-9,13H,2-3,5,18H2,1H3. The van der Waals surface area contributed by atoms with Crippen molar-refractivity contribution in [3.8, 4) is 5.88 Å². The maximum absolute atomic E-state index is 13.8. The highest BCUT2D eigenvalue weighted by molar-refractivity contribution is 5.65. The molecule has 1 atom stereocenters. The highest BCUT2D eigenvalue weighted by Crippen LogP contribution is 2.39. The summed E-state index contributed by atoms with van der Waals surface area (Å²) in [5.74, 6) is 0.578. The van der Waals surface area contributed by atoms with Crippen molar-refractivity contribution in [2.45, 2.75) is 18.9 Å². The second kappa shape index (κ2) is 6.17. The van der Waals surface area contributed by atoms with Crippen LogP contribution in [0.2, 0.25) is 0 Å². The lowest BCUT2D eigenvalue weighted by molar-refractivity contribution is -0.182. The molecule has 3 aromatic rings. The summed E-state index contributed by atoms with van der Waals surface area (Å²) in [5, 5.41) is 4.13. The minimum atomic E-state index is -0.422. The Bertz CT molecular complexity index is 915. The quantitative estimate of drug-likeness (QED) is 0.572. The molecule has 9 heteroatoms. The molecule has 1 unspecified atom stereocenters. The smallest absolute Gasteiger partial charge is 0.261 e. The summed E-state index contributed by atoms with van der Waals surface area (Å²) in [6, 6.07) is 3.17. The van der Waals surface area contributed by atoms with Crippen LogP contribution in [0.3, 0.4) is 0 Å². The average molecular weight is 344 g/mol. The highest BCUT2D eigenvalue weighted by Gasteiger charge is 2.31. The second-order valence-electron chi connectivity index (χ2n) is 5.80. The Balaban J connectivity index is 1.75. The zero-order valence-electron chi connectivity index (χ0n) is 13.6. The van der Waals surface area contributed by atoms with E-state index in [2.05, 4.69) is 20.0 Å². The van der Waals surface area contributed by atoms with Crippen LogP contribution in [-0.2, 0) is 4.89 Å². The predicted octanol–water partition coefficient (Wildman–Crippen LogP) is 2.13. The van der Waals surface area contributed by atoms with Crippen LogP contribution in [0.5, 0.6) is 5.88 Å². The molecule has 1 saturated heterocycles. The van der Waals surface area contributed by atoms with E-state index in [1.807, 2.05) is 6.07 Å². The van der Waals surface area contributed by atoms with Crippen LogP contribution < -0.4 is 15.5 Å². The van der Waals surface area contributed by atoms with E-state index in [1.165, 1.54) is 13.2 Å². The van der Waals surface area contributed by atoms with Crippen molar-refractivity contribution in [2.75, 3.05) is 24.3 Å². The van der Waals surface area contributed by atoms with E-state index in [0.29, 0.717) is 16.9 Å². The van der Waals surface area contributed by atoms with Crippen LogP contribution in [0.15, 0.2) is 30.7 Å². The van der Waals surface area contributed by atoms with Crippen LogP contribution in [0, 0.1) is 5.82 Å². The van der Waals surface area contributed by atoms with Gasteiger partial charge in [0.25, 0.3) is 5.88 Å². The summed E-state index contributed by atoms with van der Waals surface area (Å²) in [4.78, 5) is 20.5. The number of anilines is 2. The van der Waals surface area contributed by atoms with Gasteiger partial charge >= 0.3 is 0 Å². The van der Waals surface area contributed by atoms with Gasteiger partial charge in [-0.1, -0.05) is 0 Å². The predicted molar refractivity (Wildman–Crippen MR) is 88.6 cm³/mol. The number of nitrogens with two attached hydrogens (primary N) is 1. The molecule has 0 amide bonds. The van der Waals surface area contributed by atoms with Crippen molar-refractivity contribution in [2.24, 2.45) is 0 Å². The van der Waals surface area contributed by atoms with E-state index in [-0.39, 0.29) is 11.9 Å². The maximum atomic E-state index is 13.8. The third-order valence-corrected chi connectivity index (χ3v) is 4.30. The van der Waals surface area contributed by atoms with Crippen molar-refractivity contribution in [1.82, 2.24) is 19.6 Å². The maximum Gasteiger partial charge on any atom is 0.261 e. The lowest BCUT2D eigenvalue weighted by atomic mass is 10.1. The molecular weight excluding hydrogens is 327 g/mol. The van der Waals surface area contributed by atoms with Crippen LogP contribution >= 0.6 is 0 Å². The molecular formula is C16H17FN6O2. The Kier molecular flexibility index (Phi) is 3.85. The summed E-state index contributed by atoms with van der Waals surface area (Å²) in [7, 11) is 1.39. The van der Waals surface area contributed by atoms with E-state index in [9.17, 15) is 4.39 Å². The molecule has 1 fully saturated rings. The van der Waals surface area contributed by atoms with Crippen molar-refractivity contribution < 1.29 is 14.2 Å². The topological polar surface area (TPSA) is 90.8 Å². The monoisotopic (exact) mass is 344 g/mol. The molecule has 0 spiro atoms. The largest absolute Gasteiger partial charge is 0.394 e. The lowest BCUT2D eigenvalue weighted by Gasteiger charge is -2.26. The van der Waals surface area contributed by atoms with Crippen LogP contribution in [0.25, 0.3) is 5.65 Å². The van der Waals surface area contributed by atoms with Crippen molar-refractivity contribution >= 4 is 17.2 Å². The number of hydrogen-bond acceptors (Lipinski definition) is 7. The first-order chi connectivity index (χ1) is 12.2. The number of aromatic nitrogens is 4. The van der Waals surface area contributed by atoms with Gasteiger partial charge in [-0.25, -0.2) is 18.9 Å². The normalized spacial score (nSPS) is 17.4. The Labute approximate surface area is 142 Å². The molecule has 4 rings (SSSR count). The van der Waals surface area contributed by atoms with Gasteiger partial charge in [0.2, 0.25) is 0 Å². The molecule has 2 N–H and O–H groups in total. The van der Waals surface area contributed by atoms with Gasteiger partial charge in [-0.05, 0) is 25.0 Å². The molecule has 3 aromatic heterocycles. The van der Waals surface area contributed by atoms with Crippen LogP contribution in [0.1, 0.15) is 24.4 Å². The molecule has 8 nitrogen and oxygen atoms in total. The summed E-state index contributed by atoms with van der Waals surface area (Å²) in [6.45, 7) is 0.783. The molecule has 0 aromatic carbocycles. The van der Waals surface area contributed by atoms with Crippen molar-refractivity contribution in [1.29, 1.82) is 0 Å². The fraction of sp³-hybridized carbons (Fsp3) is 0.312. The van der Waals surface area contributed by atoms with Gasteiger partial charge in [0, 0.05) is 18.3 Å². The first kappa shape index (κ1) is 15.6. The number of halogens is 1. The summed E-state index contributed by atoms with van der Waals surface area (Å²) < 4.78 is 15.4. The summed E-state index contributed by atoms with van der Waals surface area (Å²) >= 11 is 0. The zero-order valence-corrected chi connectivity index (χ0v) is 13.6. The third kappa shape index (κ3) is 2.72. The second-order valence-corrected chi connectivity index (χ2v) is 5.80. The van der Waals surface area contributed by atoms with Crippen molar-refractivity contribution in [3.05, 3.63) is 42.1 Å². The van der Waals surface area contributed by atoms with Gasteiger partial charge in [0.1, 0.15) is 11.6 Å². The summed E-state index contributed by atoms with van der Waals surface area (Å²) in [6.07, 6.45) is 6.24. The number of nitrogen functional groups attached to an aromatic ring is 1. The molecule has 0 saturated carbocycles. The number of rotatable bonds is 4.